The van der Waals surface area contributed by atoms with Crippen LogP contribution in [-0.4, -0.2) is 22.6 Å². The van der Waals surface area contributed by atoms with Crippen molar-refractivity contribution in [2.75, 3.05) is 13.2 Å². The third kappa shape index (κ3) is 1.84. The van der Waals surface area contributed by atoms with E-state index < -0.39 is 0 Å². The third-order valence-electron chi connectivity index (χ3n) is 1.99. The van der Waals surface area contributed by atoms with Crippen LogP contribution in [0.3, 0.4) is 0 Å². The van der Waals surface area contributed by atoms with Gasteiger partial charge in [-0.3, -0.25) is 0 Å². The number of halogens is 1. The van der Waals surface area contributed by atoms with Crippen molar-refractivity contribution in [3.8, 4) is 0 Å². The van der Waals surface area contributed by atoms with Crippen molar-refractivity contribution in [2.45, 2.75) is 18.8 Å². The van der Waals surface area contributed by atoms with Gasteiger partial charge in [0.05, 0.1) is 0 Å². The minimum absolute atomic E-state index is 0.572. The smallest absolute Gasteiger partial charge is 0.209 e. The summed E-state index contributed by atoms with van der Waals surface area (Å²) in [5.74, 6) is 0.572. The highest BCUT2D eigenvalue weighted by molar-refractivity contribution is 9.10. The summed E-state index contributed by atoms with van der Waals surface area (Å²) in [6.45, 7) is 1.73. The van der Waals surface area contributed by atoms with E-state index in [-0.39, 0.29) is 0 Å². The van der Waals surface area contributed by atoms with Gasteiger partial charge in [0.25, 0.3) is 0 Å². The van der Waals surface area contributed by atoms with Gasteiger partial charge in [-0.15, -0.1) is 0 Å². The van der Waals surface area contributed by atoms with Gasteiger partial charge in [0.2, 0.25) is 4.73 Å². The van der Waals surface area contributed by atoms with Crippen LogP contribution in [0.4, 0.5) is 0 Å². The molecule has 2 heterocycles. The summed E-state index contributed by atoms with van der Waals surface area (Å²) in [4.78, 5) is 4.30. The molecule has 1 aliphatic rings. The number of hydrogen-bond acceptors (Lipinski definition) is 4. The molecule has 0 saturated carbocycles. The van der Waals surface area contributed by atoms with Crippen LogP contribution in [0.2, 0.25) is 0 Å². The zero-order chi connectivity index (χ0) is 8.39. The van der Waals surface area contributed by atoms with Gasteiger partial charge in [-0.1, -0.05) is 0 Å². The highest BCUT2D eigenvalue weighted by Gasteiger charge is 2.19. The molecular formula is C7H9BrN2OS. The summed E-state index contributed by atoms with van der Waals surface area (Å²) in [5, 5.41) is 1.14. The van der Waals surface area contributed by atoms with E-state index >= 15 is 0 Å². The van der Waals surface area contributed by atoms with E-state index in [1.165, 1.54) is 11.5 Å². The molecule has 0 bridgehead atoms. The van der Waals surface area contributed by atoms with Gasteiger partial charge in [0.1, 0.15) is 5.01 Å². The first-order valence-corrected chi connectivity index (χ1v) is 5.50. The van der Waals surface area contributed by atoms with Crippen molar-refractivity contribution in [2.24, 2.45) is 0 Å². The first-order chi connectivity index (χ1) is 5.86. The first kappa shape index (κ1) is 8.59. The Morgan fingerprint density at radius 1 is 1.42 bits per heavy atom. The predicted octanol–water partition coefficient (Wildman–Crippen LogP) is 2.19. The monoisotopic (exact) mass is 248 g/mol. The molecule has 5 heteroatoms. The Bertz CT molecular complexity index is 260. The molecule has 66 valence electrons. The molecular weight excluding hydrogens is 240 g/mol. The second kappa shape index (κ2) is 3.81. The van der Waals surface area contributed by atoms with Gasteiger partial charge in [-0.25, -0.2) is 4.98 Å². The maximum Gasteiger partial charge on any atom is 0.209 e. The van der Waals surface area contributed by atoms with E-state index in [4.69, 9.17) is 4.74 Å². The van der Waals surface area contributed by atoms with Crippen LogP contribution < -0.4 is 0 Å². The molecule has 3 nitrogen and oxygen atoms in total. The Morgan fingerprint density at radius 3 is 2.75 bits per heavy atom. The molecule has 0 aliphatic carbocycles. The molecule has 0 amide bonds. The summed E-state index contributed by atoms with van der Waals surface area (Å²) in [6.07, 6.45) is 2.17. The number of ether oxygens (including phenoxy) is 1. The Hall–Kier alpha value is -0.0000000000000000278. The van der Waals surface area contributed by atoms with Crippen LogP contribution in [0.1, 0.15) is 23.8 Å². The van der Waals surface area contributed by atoms with Crippen LogP contribution in [0.25, 0.3) is 0 Å². The van der Waals surface area contributed by atoms with Gasteiger partial charge < -0.3 is 4.74 Å². The Kier molecular flexibility index (Phi) is 2.73. The number of rotatable bonds is 1. The molecule has 0 N–H and O–H groups in total. The van der Waals surface area contributed by atoms with Gasteiger partial charge >= 0.3 is 0 Å². The van der Waals surface area contributed by atoms with Gasteiger partial charge in [0.15, 0.2) is 0 Å². The molecule has 1 aromatic heterocycles. The van der Waals surface area contributed by atoms with Crippen LogP contribution in [-0.2, 0) is 4.74 Å². The lowest BCUT2D eigenvalue weighted by atomic mass is 10.0. The number of hydrogen-bond donors (Lipinski definition) is 0. The zero-order valence-electron chi connectivity index (χ0n) is 6.49. The largest absolute Gasteiger partial charge is 0.381 e. The Labute approximate surface area is 83.5 Å². The maximum atomic E-state index is 5.27. The minimum atomic E-state index is 0.572. The van der Waals surface area contributed by atoms with E-state index in [0.29, 0.717) is 10.7 Å². The topological polar surface area (TPSA) is 35.0 Å². The lowest BCUT2D eigenvalue weighted by Gasteiger charge is -2.18. The van der Waals surface area contributed by atoms with Crippen molar-refractivity contribution in [3.05, 3.63) is 9.74 Å². The second-order valence-electron chi connectivity index (χ2n) is 2.79. The summed E-state index contributed by atoms with van der Waals surface area (Å²) in [5.41, 5.74) is 0. The molecule has 1 aromatic rings. The van der Waals surface area contributed by atoms with Crippen molar-refractivity contribution < 1.29 is 4.74 Å². The van der Waals surface area contributed by atoms with Crippen LogP contribution in [0, 0.1) is 0 Å². The van der Waals surface area contributed by atoms with E-state index in [0.717, 1.165) is 31.1 Å². The normalized spacial score (nSPS) is 19.8. The highest BCUT2D eigenvalue weighted by Crippen LogP contribution is 2.28. The lowest BCUT2D eigenvalue weighted by molar-refractivity contribution is 0.0852. The lowest BCUT2D eigenvalue weighted by Crippen LogP contribution is -2.13. The minimum Gasteiger partial charge on any atom is -0.381 e. The van der Waals surface area contributed by atoms with Gasteiger partial charge in [-0.05, 0) is 40.3 Å². The fourth-order valence-electron chi connectivity index (χ4n) is 1.33. The first-order valence-electron chi connectivity index (χ1n) is 3.93. The second-order valence-corrected chi connectivity index (χ2v) is 4.28. The molecule has 0 atom stereocenters. The van der Waals surface area contributed by atoms with Crippen LogP contribution >= 0.6 is 27.5 Å². The van der Waals surface area contributed by atoms with Crippen LogP contribution in [0.5, 0.6) is 0 Å². The highest BCUT2D eigenvalue weighted by atomic mass is 79.9. The maximum absolute atomic E-state index is 5.27. The predicted molar refractivity (Wildman–Crippen MR) is 50.4 cm³/mol. The van der Waals surface area contributed by atoms with E-state index in [1.807, 2.05) is 0 Å². The molecule has 1 aliphatic heterocycles. The molecule has 1 fully saturated rings. The number of nitrogens with zero attached hydrogens (tertiary/aromatic N) is 2. The molecule has 0 aromatic carbocycles. The molecule has 1 saturated heterocycles. The van der Waals surface area contributed by atoms with Crippen molar-refractivity contribution in [1.29, 1.82) is 0 Å². The molecule has 12 heavy (non-hydrogen) atoms. The zero-order valence-corrected chi connectivity index (χ0v) is 8.90. The van der Waals surface area contributed by atoms with E-state index in [1.54, 1.807) is 0 Å². The van der Waals surface area contributed by atoms with Gasteiger partial charge in [-0.2, -0.15) is 4.37 Å². The summed E-state index contributed by atoms with van der Waals surface area (Å²) >= 11 is 4.75. The molecule has 0 spiro atoms. The Balaban J connectivity index is 2.08. The quantitative estimate of drug-likeness (QED) is 0.765. The third-order valence-corrected chi connectivity index (χ3v) is 3.45. The average Bonchev–Trinajstić information content (AvgIpc) is 2.54. The van der Waals surface area contributed by atoms with Crippen molar-refractivity contribution in [1.82, 2.24) is 9.36 Å². The van der Waals surface area contributed by atoms with Crippen molar-refractivity contribution in [3.63, 3.8) is 0 Å². The fourth-order valence-corrected chi connectivity index (χ4v) is 2.57. The van der Waals surface area contributed by atoms with E-state index in [2.05, 4.69) is 25.3 Å². The number of aromatic nitrogens is 2. The summed E-state index contributed by atoms with van der Waals surface area (Å²) in [6, 6.07) is 0. The Morgan fingerprint density at radius 2 is 2.17 bits per heavy atom. The van der Waals surface area contributed by atoms with Crippen molar-refractivity contribution >= 4 is 27.5 Å². The average molecular weight is 249 g/mol. The van der Waals surface area contributed by atoms with Gasteiger partial charge in [0, 0.05) is 19.1 Å². The molecule has 2 rings (SSSR count). The fraction of sp³-hybridized carbons (Fsp3) is 0.714. The summed E-state index contributed by atoms with van der Waals surface area (Å²) < 4.78 is 10.1. The molecule has 0 unspecified atom stereocenters. The van der Waals surface area contributed by atoms with Crippen LogP contribution in [0.15, 0.2) is 4.73 Å². The molecule has 0 radical (unpaired) electrons. The SMILES string of the molecule is Brc1nsc(C2CCOCC2)n1. The van der Waals surface area contributed by atoms with E-state index in [9.17, 15) is 0 Å². The standard InChI is InChI=1S/C7H9BrN2OS/c8-7-9-6(12-10-7)5-1-3-11-4-2-5/h5H,1-4H2. The summed E-state index contributed by atoms with van der Waals surface area (Å²) in [7, 11) is 0.